The SMILES string of the molecule is C1=CC=C2CC(=C1)C1=CC=CC=C(C1)C2=C1C2=CC=CC=C(C2)C2=CC=CC=C1C2. The number of hydrogen-bond acceptors (Lipinski definition) is 0. The molecule has 6 aliphatic carbocycles. The van der Waals surface area contributed by atoms with Gasteiger partial charge < -0.3 is 0 Å². The van der Waals surface area contributed by atoms with Crippen LogP contribution in [0.1, 0.15) is 25.7 Å². The van der Waals surface area contributed by atoms with Crippen LogP contribution in [0.3, 0.4) is 0 Å². The molecule has 0 atom stereocenters. The van der Waals surface area contributed by atoms with E-state index in [2.05, 4.69) is 97.2 Å². The predicted molar refractivity (Wildman–Crippen MR) is 127 cm³/mol. The van der Waals surface area contributed by atoms with Crippen LogP contribution in [-0.2, 0) is 0 Å². The maximum atomic E-state index is 2.34. The molecule has 0 heteroatoms. The van der Waals surface area contributed by atoms with E-state index < -0.39 is 0 Å². The van der Waals surface area contributed by atoms with E-state index in [1.165, 1.54) is 55.7 Å². The Morgan fingerprint density at radius 3 is 0.700 bits per heavy atom. The summed E-state index contributed by atoms with van der Waals surface area (Å²) in [4.78, 5) is 0. The van der Waals surface area contributed by atoms with E-state index in [9.17, 15) is 0 Å². The Bertz CT molecular complexity index is 1050. The smallest absolute Gasteiger partial charge is 0.00167 e. The molecule has 6 aliphatic rings. The minimum atomic E-state index is 1.00. The normalized spacial score (nSPS) is 23.7. The van der Waals surface area contributed by atoms with Crippen LogP contribution in [0, 0.1) is 0 Å². The lowest BCUT2D eigenvalue weighted by atomic mass is 9.83. The third kappa shape index (κ3) is 2.92. The Morgan fingerprint density at radius 2 is 0.467 bits per heavy atom. The standard InChI is InChI=1S/C30H24/c1-5-13-25-17-21(9-1)22-10-2-6-14-26(18-22)29(25)30-27-15-7-3-11-23(19-27)24-12-4-8-16-28(30)20-24/h1-16H,17-20H2. The Kier molecular flexibility index (Phi) is 4.16. The summed E-state index contributed by atoms with van der Waals surface area (Å²) in [5.41, 5.74) is 14.5. The highest BCUT2D eigenvalue weighted by molar-refractivity contribution is 5.71. The van der Waals surface area contributed by atoms with Gasteiger partial charge in [-0.3, -0.25) is 0 Å². The van der Waals surface area contributed by atoms with Gasteiger partial charge in [0.1, 0.15) is 0 Å². The van der Waals surface area contributed by atoms with Crippen molar-refractivity contribution in [3.05, 3.63) is 153 Å². The second-order valence-corrected chi connectivity index (χ2v) is 8.53. The summed E-state index contributed by atoms with van der Waals surface area (Å²) in [6, 6.07) is 0. The van der Waals surface area contributed by atoms with Gasteiger partial charge in [-0.05, 0) is 81.4 Å². The molecule has 0 aromatic carbocycles. The highest BCUT2D eigenvalue weighted by Crippen LogP contribution is 2.48. The van der Waals surface area contributed by atoms with Gasteiger partial charge in [-0.25, -0.2) is 0 Å². The fourth-order valence-corrected chi connectivity index (χ4v) is 5.29. The molecule has 0 aromatic rings. The van der Waals surface area contributed by atoms with Crippen LogP contribution in [0.2, 0.25) is 0 Å². The molecule has 0 spiro atoms. The Labute approximate surface area is 178 Å². The minimum absolute atomic E-state index is 1.00. The molecule has 0 N–H and O–H groups in total. The second kappa shape index (κ2) is 7.15. The van der Waals surface area contributed by atoms with Gasteiger partial charge in [-0.2, -0.15) is 0 Å². The van der Waals surface area contributed by atoms with Crippen LogP contribution >= 0.6 is 0 Å². The van der Waals surface area contributed by atoms with Gasteiger partial charge in [0.05, 0.1) is 0 Å². The lowest BCUT2D eigenvalue weighted by Crippen LogP contribution is -2.03. The van der Waals surface area contributed by atoms with Crippen molar-refractivity contribution < 1.29 is 0 Å². The summed E-state index contributed by atoms with van der Waals surface area (Å²) < 4.78 is 0. The number of fused-ring (bicyclic) bond motifs is 10. The zero-order valence-electron chi connectivity index (χ0n) is 17.1. The van der Waals surface area contributed by atoms with Crippen molar-refractivity contribution in [3.63, 3.8) is 0 Å². The lowest BCUT2D eigenvalue weighted by Gasteiger charge is -2.21. The zero-order valence-corrected chi connectivity index (χ0v) is 17.1. The molecule has 8 bridgehead atoms. The first-order valence-corrected chi connectivity index (χ1v) is 10.9. The molecule has 0 unspecified atom stereocenters. The van der Waals surface area contributed by atoms with Crippen LogP contribution in [0.4, 0.5) is 0 Å². The van der Waals surface area contributed by atoms with Crippen LogP contribution in [-0.4, -0.2) is 0 Å². The summed E-state index contributed by atoms with van der Waals surface area (Å²) in [6.45, 7) is 0. The fraction of sp³-hybridized carbons (Fsp3) is 0.133. The van der Waals surface area contributed by atoms with Crippen molar-refractivity contribution >= 4 is 0 Å². The molecular weight excluding hydrogens is 360 g/mol. The molecule has 0 aliphatic heterocycles. The minimum Gasteiger partial charge on any atom is -0.0620 e. The highest BCUT2D eigenvalue weighted by Gasteiger charge is 2.30. The molecule has 0 saturated heterocycles. The number of allylic oxidation sites excluding steroid dienone is 26. The van der Waals surface area contributed by atoms with E-state index in [-0.39, 0.29) is 0 Å². The Morgan fingerprint density at radius 1 is 0.267 bits per heavy atom. The van der Waals surface area contributed by atoms with Gasteiger partial charge in [-0.15, -0.1) is 0 Å². The summed E-state index contributed by atoms with van der Waals surface area (Å²) in [6.07, 6.45) is 40.2. The Hall–Kier alpha value is -3.38. The molecule has 2 saturated carbocycles. The van der Waals surface area contributed by atoms with E-state index in [1.807, 2.05) is 0 Å². The summed E-state index contributed by atoms with van der Waals surface area (Å²) in [5, 5.41) is 0. The van der Waals surface area contributed by atoms with E-state index in [0.29, 0.717) is 0 Å². The van der Waals surface area contributed by atoms with Gasteiger partial charge in [0.2, 0.25) is 0 Å². The van der Waals surface area contributed by atoms with Crippen LogP contribution < -0.4 is 0 Å². The molecule has 6 rings (SSSR count). The van der Waals surface area contributed by atoms with Crippen molar-refractivity contribution in [2.24, 2.45) is 0 Å². The zero-order chi connectivity index (χ0) is 19.9. The van der Waals surface area contributed by atoms with E-state index >= 15 is 0 Å². The molecule has 0 aromatic heterocycles. The van der Waals surface area contributed by atoms with E-state index in [1.54, 1.807) is 0 Å². The maximum Gasteiger partial charge on any atom is -0.00167 e. The van der Waals surface area contributed by atoms with Crippen molar-refractivity contribution in [2.45, 2.75) is 25.7 Å². The van der Waals surface area contributed by atoms with Gasteiger partial charge >= 0.3 is 0 Å². The molecule has 30 heavy (non-hydrogen) atoms. The third-order valence-corrected chi connectivity index (χ3v) is 6.71. The van der Waals surface area contributed by atoms with Crippen LogP contribution in [0.5, 0.6) is 0 Å². The van der Waals surface area contributed by atoms with E-state index in [4.69, 9.17) is 0 Å². The summed E-state index contributed by atoms with van der Waals surface area (Å²) in [5.74, 6) is 0. The van der Waals surface area contributed by atoms with Crippen molar-refractivity contribution in [1.29, 1.82) is 0 Å². The molecule has 2 fully saturated rings. The fourth-order valence-electron chi connectivity index (χ4n) is 5.29. The summed E-state index contributed by atoms with van der Waals surface area (Å²) in [7, 11) is 0. The van der Waals surface area contributed by atoms with Crippen LogP contribution in [0.25, 0.3) is 0 Å². The van der Waals surface area contributed by atoms with Gasteiger partial charge in [-0.1, -0.05) is 97.2 Å². The lowest BCUT2D eigenvalue weighted by molar-refractivity contribution is 1.13. The monoisotopic (exact) mass is 384 g/mol. The molecule has 144 valence electrons. The average Bonchev–Trinajstić information content (AvgIpc) is 3.36. The Balaban J connectivity index is 1.69. The molecule has 0 amide bonds. The van der Waals surface area contributed by atoms with E-state index in [0.717, 1.165) is 25.7 Å². The summed E-state index contributed by atoms with van der Waals surface area (Å²) >= 11 is 0. The maximum absolute atomic E-state index is 2.34. The predicted octanol–water partition coefficient (Wildman–Crippen LogP) is 7.56. The first-order chi connectivity index (χ1) is 14.9. The topological polar surface area (TPSA) is 0 Å². The molecule has 0 heterocycles. The second-order valence-electron chi connectivity index (χ2n) is 8.53. The molecular formula is C30H24. The number of hydrogen-bond donors (Lipinski definition) is 0. The molecule has 0 nitrogen and oxygen atoms in total. The van der Waals surface area contributed by atoms with Gasteiger partial charge in [0.15, 0.2) is 0 Å². The molecule has 0 radical (unpaired) electrons. The largest absolute Gasteiger partial charge is 0.0620 e. The average molecular weight is 385 g/mol. The van der Waals surface area contributed by atoms with Crippen LogP contribution in [0.15, 0.2) is 153 Å². The first-order valence-electron chi connectivity index (χ1n) is 10.9. The first kappa shape index (κ1) is 17.5. The van der Waals surface area contributed by atoms with Crippen molar-refractivity contribution in [2.75, 3.05) is 0 Å². The number of rotatable bonds is 0. The van der Waals surface area contributed by atoms with Crippen molar-refractivity contribution in [3.8, 4) is 0 Å². The van der Waals surface area contributed by atoms with Crippen molar-refractivity contribution in [1.82, 2.24) is 0 Å². The quantitative estimate of drug-likeness (QED) is 0.404. The van der Waals surface area contributed by atoms with Gasteiger partial charge in [0, 0.05) is 0 Å². The van der Waals surface area contributed by atoms with Gasteiger partial charge in [0.25, 0.3) is 0 Å². The highest BCUT2D eigenvalue weighted by atomic mass is 14.3. The third-order valence-electron chi connectivity index (χ3n) is 6.71.